The highest BCUT2D eigenvalue weighted by molar-refractivity contribution is 5.78. The van der Waals surface area contributed by atoms with Crippen molar-refractivity contribution in [1.82, 2.24) is 9.55 Å². The van der Waals surface area contributed by atoms with Gasteiger partial charge in [0.05, 0.1) is 10.9 Å². The number of rotatable bonds is 4. The van der Waals surface area contributed by atoms with E-state index in [1.165, 1.54) is 0 Å². The predicted octanol–water partition coefficient (Wildman–Crippen LogP) is 3.17. The van der Waals surface area contributed by atoms with Gasteiger partial charge in [0.25, 0.3) is 5.56 Å². The fourth-order valence-corrected chi connectivity index (χ4v) is 2.70. The number of hydrogen-bond acceptors (Lipinski definition) is 4. The molecule has 3 rings (SSSR count). The molecule has 5 heteroatoms. The molecule has 1 aromatic carbocycles. The summed E-state index contributed by atoms with van der Waals surface area (Å²) in [7, 11) is 0. The molecule has 1 N–H and O–H groups in total. The summed E-state index contributed by atoms with van der Waals surface area (Å²) < 4.78 is 1.61. The number of aromatic nitrogens is 2. The Morgan fingerprint density at radius 1 is 1.41 bits per heavy atom. The zero-order valence-electron chi connectivity index (χ0n) is 12.7. The molecule has 0 saturated carbocycles. The fraction of sp³-hybridized carbons (Fsp3) is 0.353. The van der Waals surface area contributed by atoms with Crippen molar-refractivity contribution in [3.63, 3.8) is 0 Å². The standard InChI is InChI=1S/C17H20N4O/c1-2-21-16(22)14-10-6-7-11-15(14)19-17(21)20-18-12-13-8-4-3-5-9-13/h3-4,6-7,10-13H,2,5,8-9H2,1H3,(H,19,20)/b18-12-/t13-/m1/s1. The van der Waals surface area contributed by atoms with Crippen LogP contribution in [0.4, 0.5) is 5.95 Å². The molecule has 114 valence electrons. The third-order valence-electron chi connectivity index (χ3n) is 3.94. The van der Waals surface area contributed by atoms with E-state index in [9.17, 15) is 4.79 Å². The van der Waals surface area contributed by atoms with E-state index in [1.54, 1.807) is 10.6 Å². The number of para-hydroxylation sites is 1. The molecule has 0 radical (unpaired) electrons. The molecule has 1 aromatic heterocycles. The molecular weight excluding hydrogens is 276 g/mol. The van der Waals surface area contributed by atoms with Crippen LogP contribution in [0.5, 0.6) is 0 Å². The second-order valence-corrected chi connectivity index (χ2v) is 5.44. The van der Waals surface area contributed by atoms with Crippen LogP contribution in [0.1, 0.15) is 26.2 Å². The van der Waals surface area contributed by atoms with Crippen molar-refractivity contribution in [3.8, 4) is 0 Å². The number of nitrogens with one attached hydrogen (secondary N) is 1. The number of nitrogens with zero attached hydrogens (tertiary/aromatic N) is 3. The van der Waals surface area contributed by atoms with Gasteiger partial charge >= 0.3 is 0 Å². The first kappa shape index (κ1) is 14.5. The second kappa shape index (κ2) is 6.56. The van der Waals surface area contributed by atoms with E-state index in [2.05, 4.69) is 27.7 Å². The van der Waals surface area contributed by atoms with Gasteiger partial charge in [-0.2, -0.15) is 5.10 Å². The maximum absolute atomic E-state index is 12.5. The van der Waals surface area contributed by atoms with E-state index in [0.29, 0.717) is 29.3 Å². The normalized spacial score (nSPS) is 18.1. The third kappa shape index (κ3) is 2.93. The van der Waals surface area contributed by atoms with Crippen LogP contribution >= 0.6 is 0 Å². The van der Waals surface area contributed by atoms with E-state index in [4.69, 9.17) is 0 Å². The van der Waals surface area contributed by atoms with Crippen molar-refractivity contribution in [3.05, 3.63) is 46.8 Å². The van der Waals surface area contributed by atoms with Crippen molar-refractivity contribution < 1.29 is 0 Å². The minimum absolute atomic E-state index is 0.0357. The summed E-state index contributed by atoms with van der Waals surface area (Å²) in [5.41, 5.74) is 3.60. The van der Waals surface area contributed by atoms with E-state index in [-0.39, 0.29) is 5.56 Å². The first-order valence-corrected chi connectivity index (χ1v) is 7.73. The zero-order chi connectivity index (χ0) is 15.4. The molecule has 0 aliphatic heterocycles. The lowest BCUT2D eigenvalue weighted by atomic mass is 9.96. The lowest BCUT2D eigenvalue weighted by molar-refractivity contribution is 0.626. The topological polar surface area (TPSA) is 59.3 Å². The number of fused-ring (bicyclic) bond motifs is 1. The van der Waals surface area contributed by atoms with Gasteiger partial charge in [-0.25, -0.2) is 10.4 Å². The smallest absolute Gasteiger partial charge is 0.262 e. The summed E-state index contributed by atoms with van der Waals surface area (Å²) in [6, 6.07) is 7.38. The number of benzene rings is 1. The van der Waals surface area contributed by atoms with Crippen molar-refractivity contribution >= 4 is 23.1 Å². The number of hydrogen-bond donors (Lipinski definition) is 1. The van der Waals surface area contributed by atoms with Gasteiger partial charge in [-0.1, -0.05) is 24.3 Å². The first-order chi connectivity index (χ1) is 10.8. The Morgan fingerprint density at radius 3 is 3.05 bits per heavy atom. The number of hydrazone groups is 1. The largest absolute Gasteiger partial charge is 0.277 e. The molecule has 1 heterocycles. The molecule has 1 atom stereocenters. The molecular formula is C17H20N4O. The van der Waals surface area contributed by atoms with E-state index >= 15 is 0 Å². The average Bonchev–Trinajstić information content (AvgIpc) is 2.56. The Kier molecular flexibility index (Phi) is 4.32. The molecule has 22 heavy (non-hydrogen) atoms. The van der Waals surface area contributed by atoms with Crippen molar-refractivity contribution in [2.45, 2.75) is 32.7 Å². The van der Waals surface area contributed by atoms with E-state index in [0.717, 1.165) is 19.3 Å². The van der Waals surface area contributed by atoms with Crippen LogP contribution in [0.2, 0.25) is 0 Å². The van der Waals surface area contributed by atoms with Crippen molar-refractivity contribution in [2.24, 2.45) is 11.0 Å². The minimum Gasteiger partial charge on any atom is -0.277 e. The van der Waals surface area contributed by atoms with Gasteiger partial charge in [-0.05, 0) is 44.2 Å². The van der Waals surface area contributed by atoms with E-state index in [1.807, 2.05) is 31.3 Å². The summed E-state index contributed by atoms with van der Waals surface area (Å²) in [6.45, 7) is 2.49. The van der Waals surface area contributed by atoms with Crippen LogP contribution in [0.25, 0.3) is 10.9 Å². The maximum Gasteiger partial charge on any atom is 0.262 e. The third-order valence-corrected chi connectivity index (χ3v) is 3.94. The van der Waals surface area contributed by atoms with Crippen LogP contribution in [0, 0.1) is 5.92 Å². The Hall–Kier alpha value is -2.43. The predicted molar refractivity (Wildman–Crippen MR) is 90.3 cm³/mol. The number of allylic oxidation sites excluding steroid dienone is 2. The minimum atomic E-state index is -0.0357. The first-order valence-electron chi connectivity index (χ1n) is 7.73. The van der Waals surface area contributed by atoms with Crippen molar-refractivity contribution in [2.75, 3.05) is 5.43 Å². The van der Waals surface area contributed by atoms with Crippen LogP contribution < -0.4 is 11.0 Å². The molecule has 1 aliphatic rings. The molecule has 0 fully saturated rings. The van der Waals surface area contributed by atoms with Gasteiger partial charge in [-0.15, -0.1) is 0 Å². The van der Waals surface area contributed by atoms with Gasteiger partial charge in [-0.3, -0.25) is 9.36 Å². The summed E-state index contributed by atoms with van der Waals surface area (Å²) in [6.07, 6.45) is 9.56. The summed E-state index contributed by atoms with van der Waals surface area (Å²) in [5.74, 6) is 0.952. The summed E-state index contributed by atoms with van der Waals surface area (Å²) >= 11 is 0. The highest BCUT2D eigenvalue weighted by Crippen LogP contribution is 2.16. The van der Waals surface area contributed by atoms with Gasteiger partial charge < -0.3 is 0 Å². The molecule has 0 bridgehead atoms. The Morgan fingerprint density at radius 2 is 2.27 bits per heavy atom. The average molecular weight is 296 g/mol. The molecule has 0 amide bonds. The Labute approximate surface area is 129 Å². The molecule has 0 spiro atoms. The van der Waals surface area contributed by atoms with Crippen LogP contribution in [0.3, 0.4) is 0 Å². The van der Waals surface area contributed by atoms with Gasteiger partial charge in [0.15, 0.2) is 0 Å². The quantitative estimate of drug-likeness (QED) is 0.535. The monoisotopic (exact) mass is 296 g/mol. The van der Waals surface area contributed by atoms with Crippen LogP contribution in [0.15, 0.2) is 46.3 Å². The molecule has 0 saturated heterocycles. The highest BCUT2D eigenvalue weighted by atomic mass is 16.1. The van der Waals surface area contributed by atoms with E-state index < -0.39 is 0 Å². The number of anilines is 1. The van der Waals surface area contributed by atoms with Crippen molar-refractivity contribution in [1.29, 1.82) is 0 Å². The zero-order valence-corrected chi connectivity index (χ0v) is 12.7. The maximum atomic E-state index is 12.5. The van der Waals surface area contributed by atoms with Crippen LogP contribution in [-0.4, -0.2) is 15.8 Å². The lowest BCUT2D eigenvalue weighted by Crippen LogP contribution is -2.23. The van der Waals surface area contributed by atoms with Gasteiger partial charge in [0.1, 0.15) is 0 Å². The van der Waals surface area contributed by atoms with Gasteiger partial charge in [0.2, 0.25) is 5.95 Å². The SMILES string of the molecule is CCn1c(N/N=C\[C@@H]2CC=CCC2)nc2ccccc2c1=O. The molecule has 5 nitrogen and oxygen atoms in total. The summed E-state index contributed by atoms with van der Waals surface area (Å²) in [5, 5.41) is 4.93. The Balaban J connectivity index is 1.88. The van der Waals surface area contributed by atoms with Gasteiger partial charge in [0, 0.05) is 12.8 Å². The Bertz CT molecular complexity index is 776. The molecule has 1 aliphatic carbocycles. The van der Waals surface area contributed by atoms with Crippen LogP contribution in [-0.2, 0) is 6.54 Å². The second-order valence-electron chi connectivity index (χ2n) is 5.44. The highest BCUT2D eigenvalue weighted by Gasteiger charge is 2.09. The molecule has 0 unspecified atom stereocenters. The molecule has 2 aromatic rings. The summed E-state index contributed by atoms with van der Waals surface area (Å²) in [4.78, 5) is 17.0. The lowest BCUT2D eigenvalue weighted by Gasteiger charge is -2.13. The fourth-order valence-electron chi connectivity index (χ4n) is 2.70.